The Morgan fingerprint density at radius 2 is 2.54 bits per heavy atom. The molecule has 4 heteroatoms. The summed E-state index contributed by atoms with van der Waals surface area (Å²) in [6.45, 7) is 0.239. The summed E-state index contributed by atoms with van der Waals surface area (Å²) < 4.78 is 8.94. The zero-order valence-electron chi connectivity index (χ0n) is 7.23. The first kappa shape index (κ1) is 9.80. The Balaban J connectivity index is 2.23. The molecule has 1 rings (SSSR count). The monoisotopic (exact) mass is 198 g/mol. The van der Waals surface area contributed by atoms with Crippen molar-refractivity contribution in [2.45, 2.75) is 0 Å². The molecule has 1 aromatic rings. The molecule has 1 heterocycles. The van der Waals surface area contributed by atoms with E-state index in [0.29, 0.717) is 0 Å². The SMILES string of the molecule is COC(=O)OC/C=C/c1ccsc1. The smallest absolute Gasteiger partial charge is 0.438 e. The molecule has 0 saturated heterocycles. The maximum atomic E-state index is 10.5. The van der Waals surface area contributed by atoms with E-state index in [-0.39, 0.29) is 6.61 Å². The van der Waals surface area contributed by atoms with Crippen molar-refractivity contribution in [3.63, 3.8) is 0 Å². The van der Waals surface area contributed by atoms with Crippen molar-refractivity contribution in [1.82, 2.24) is 0 Å². The highest BCUT2D eigenvalue weighted by atomic mass is 32.1. The van der Waals surface area contributed by atoms with Crippen LogP contribution in [0.2, 0.25) is 0 Å². The van der Waals surface area contributed by atoms with Crippen LogP contribution in [-0.4, -0.2) is 19.9 Å². The van der Waals surface area contributed by atoms with Crippen molar-refractivity contribution in [2.24, 2.45) is 0 Å². The molecule has 0 spiro atoms. The fraction of sp³-hybridized carbons (Fsp3) is 0.222. The molecule has 0 radical (unpaired) electrons. The normalized spacial score (nSPS) is 10.2. The Labute approximate surface area is 80.6 Å². The lowest BCUT2D eigenvalue weighted by Crippen LogP contribution is -2.03. The molecule has 3 nitrogen and oxygen atoms in total. The highest BCUT2D eigenvalue weighted by Gasteiger charge is 1.95. The number of hydrogen-bond acceptors (Lipinski definition) is 4. The van der Waals surface area contributed by atoms with E-state index in [1.54, 1.807) is 17.4 Å². The Kier molecular flexibility index (Phi) is 4.05. The molecular formula is C9H10O3S. The molecule has 0 aromatic carbocycles. The number of methoxy groups -OCH3 is 1. The van der Waals surface area contributed by atoms with Gasteiger partial charge in [-0.25, -0.2) is 4.79 Å². The Hall–Kier alpha value is -1.29. The van der Waals surface area contributed by atoms with Crippen LogP contribution in [0.4, 0.5) is 4.79 Å². The van der Waals surface area contributed by atoms with E-state index < -0.39 is 6.16 Å². The van der Waals surface area contributed by atoms with E-state index in [9.17, 15) is 4.79 Å². The van der Waals surface area contributed by atoms with E-state index in [0.717, 1.165) is 5.56 Å². The van der Waals surface area contributed by atoms with Gasteiger partial charge in [0.1, 0.15) is 6.61 Å². The van der Waals surface area contributed by atoms with Crippen LogP contribution in [0.1, 0.15) is 5.56 Å². The minimum atomic E-state index is -0.657. The second kappa shape index (κ2) is 5.37. The number of rotatable bonds is 3. The fourth-order valence-electron chi connectivity index (χ4n) is 0.729. The third-order valence-electron chi connectivity index (χ3n) is 1.32. The van der Waals surface area contributed by atoms with E-state index >= 15 is 0 Å². The molecule has 0 amide bonds. The van der Waals surface area contributed by atoms with Gasteiger partial charge in [-0.2, -0.15) is 11.3 Å². The number of carbonyl (C=O) groups excluding carboxylic acids is 1. The van der Waals surface area contributed by atoms with Gasteiger partial charge in [-0.1, -0.05) is 6.08 Å². The third kappa shape index (κ3) is 3.75. The first-order valence-electron chi connectivity index (χ1n) is 3.72. The van der Waals surface area contributed by atoms with Crippen molar-refractivity contribution < 1.29 is 14.3 Å². The molecule has 0 saturated carbocycles. The van der Waals surface area contributed by atoms with Gasteiger partial charge in [0.2, 0.25) is 0 Å². The van der Waals surface area contributed by atoms with Gasteiger partial charge in [-0.05, 0) is 28.5 Å². The van der Waals surface area contributed by atoms with Gasteiger partial charge in [0.15, 0.2) is 0 Å². The second-order valence-corrected chi connectivity index (χ2v) is 3.00. The molecule has 0 N–H and O–H groups in total. The van der Waals surface area contributed by atoms with E-state index in [4.69, 9.17) is 0 Å². The van der Waals surface area contributed by atoms with Crippen LogP contribution in [0.5, 0.6) is 0 Å². The first-order valence-corrected chi connectivity index (χ1v) is 4.66. The molecule has 13 heavy (non-hydrogen) atoms. The predicted octanol–water partition coefficient (Wildman–Crippen LogP) is 2.54. The summed E-state index contributed by atoms with van der Waals surface area (Å²) in [5, 5.41) is 4.00. The fourth-order valence-corrected chi connectivity index (χ4v) is 1.36. The standard InChI is InChI=1S/C9H10O3S/c1-11-9(10)12-5-2-3-8-4-6-13-7-8/h2-4,6-7H,5H2,1H3/b3-2+. The number of thiophene rings is 1. The maximum Gasteiger partial charge on any atom is 0.508 e. The zero-order chi connectivity index (χ0) is 9.52. The van der Waals surface area contributed by atoms with E-state index in [2.05, 4.69) is 9.47 Å². The van der Waals surface area contributed by atoms with Crippen molar-refractivity contribution in [1.29, 1.82) is 0 Å². The molecule has 0 fully saturated rings. The van der Waals surface area contributed by atoms with Gasteiger partial charge in [-0.3, -0.25) is 0 Å². The van der Waals surface area contributed by atoms with E-state index in [1.807, 2.05) is 22.9 Å². The summed E-state index contributed by atoms with van der Waals surface area (Å²) in [5.41, 5.74) is 1.11. The quantitative estimate of drug-likeness (QED) is 0.700. The van der Waals surface area contributed by atoms with Crippen molar-refractivity contribution >= 4 is 23.6 Å². The van der Waals surface area contributed by atoms with Crippen molar-refractivity contribution in [3.8, 4) is 0 Å². The average Bonchev–Trinajstić information content (AvgIpc) is 2.64. The van der Waals surface area contributed by atoms with Crippen LogP contribution in [0, 0.1) is 0 Å². The minimum absolute atomic E-state index is 0.239. The van der Waals surface area contributed by atoms with Gasteiger partial charge in [0, 0.05) is 0 Å². The van der Waals surface area contributed by atoms with Gasteiger partial charge >= 0.3 is 6.16 Å². The van der Waals surface area contributed by atoms with Gasteiger partial charge in [-0.15, -0.1) is 0 Å². The van der Waals surface area contributed by atoms with Crippen LogP contribution in [0.3, 0.4) is 0 Å². The van der Waals surface area contributed by atoms with Crippen molar-refractivity contribution in [2.75, 3.05) is 13.7 Å². The summed E-state index contributed by atoms with van der Waals surface area (Å²) in [5.74, 6) is 0. The molecule has 0 bridgehead atoms. The Morgan fingerprint density at radius 3 is 3.15 bits per heavy atom. The average molecular weight is 198 g/mol. The van der Waals surface area contributed by atoms with E-state index in [1.165, 1.54) is 7.11 Å². The molecule has 0 aliphatic rings. The third-order valence-corrected chi connectivity index (χ3v) is 2.02. The number of ether oxygens (including phenoxy) is 2. The lowest BCUT2D eigenvalue weighted by atomic mass is 10.3. The summed E-state index contributed by atoms with van der Waals surface area (Å²) in [6, 6.07) is 1.99. The molecule has 0 atom stereocenters. The molecule has 1 aromatic heterocycles. The molecule has 0 aliphatic heterocycles. The predicted molar refractivity (Wildman–Crippen MR) is 51.7 cm³/mol. The van der Waals surface area contributed by atoms with Crippen LogP contribution in [0.25, 0.3) is 6.08 Å². The van der Waals surface area contributed by atoms with Crippen molar-refractivity contribution in [3.05, 3.63) is 28.5 Å². The largest absolute Gasteiger partial charge is 0.508 e. The first-order chi connectivity index (χ1) is 6.33. The van der Waals surface area contributed by atoms with Gasteiger partial charge in [0.05, 0.1) is 7.11 Å². The molecule has 0 aliphatic carbocycles. The lowest BCUT2D eigenvalue weighted by molar-refractivity contribution is 0.0819. The van der Waals surface area contributed by atoms with Gasteiger partial charge < -0.3 is 9.47 Å². The minimum Gasteiger partial charge on any atom is -0.438 e. The van der Waals surface area contributed by atoms with Crippen LogP contribution in [0.15, 0.2) is 22.9 Å². The van der Waals surface area contributed by atoms with Crippen LogP contribution >= 0.6 is 11.3 Å². The molecular weight excluding hydrogens is 188 g/mol. The van der Waals surface area contributed by atoms with Crippen LogP contribution in [-0.2, 0) is 9.47 Å². The lowest BCUT2D eigenvalue weighted by Gasteiger charge is -1.96. The summed E-state index contributed by atoms with van der Waals surface area (Å²) >= 11 is 1.62. The summed E-state index contributed by atoms with van der Waals surface area (Å²) in [6.07, 6.45) is 2.99. The Bertz CT molecular complexity index is 277. The summed E-state index contributed by atoms with van der Waals surface area (Å²) in [7, 11) is 1.28. The highest BCUT2D eigenvalue weighted by molar-refractivity contribution is 7.08. The zero-order valence-corrected chi connectivity index (χ0v) is 8.04. The Morgan fingerprint density at radius 1 is 1.69 bits per heavy atom. The summed E-state index contributed by atoms with van der Waals surface area (Å²) in [4.78, 5) is 10.5. The molecule has 70 valence electrons. The molecule has 0 unspecified atom stereocenters. The maximum absolute atomic E-state index is 10.5. The number of carbonyl (C=O) groups is 1. The van der Waals surface area contributed by atoms with Gasteiger partial charge in [0.25, 0.3) is 0 Å². The second-order valence-electron chi connectivity index (χ2n) is 2.22. The van der Waals surface area contributed by atoms with Crippen LogP contribution < -0.4 is 0 Å². The highest BCUT2D eigenvalue weighted by Crippen LogP contribution is 2.07. The topological polar surface area (TPSA) is 35.5 Å². The number of hydrogen-bond donors (Lipinski definition) is 0.